The maximum Gasteiger partial charge on any atom is 0.263 e. The van der Waals surface area contributed by atoms with Crippen molar-refractivity contribution in [3.05, 3.63) is 35.4 Å². The Balaban J connectivity index is 1.97. The molecule has 2 nitrogen and oxygen atoms in total. The lowest BCUT2D eigenvalue weighted by molar-refractivity contribution is 0.151. The smallest absolute Gasteiger partial charge is 0.263 e. The van der Waals surface area contributed by atoms with E-state index in [1.807, 2.05) is 6.07 Å². The maximum absolute atomic E-state index is 12.8. The van der Waals surface area contributed by atoms with E-state index >= 15 is 0 Å². The van der Waals surface area contributed by atoms with E-state index in [-0.39, 0.29) is 5.56 Å². The second-order valence-electron chi connectivity index (χ2n) is 5.93. The van der Waals surface area contributed by atoms with Gasteiger partial charge >= 0.3 is 0 Å². The molecule has 4 heteroatoms. The van der Waals surface area contributed by atoms with Crippen molar-refractivity contribution in [1.82, 2.24) is 10.2 Å². The standard InChI is InChI=1S/C17H26F2N2/c1-2-3-10-21(13-16-8-5-9-20-16)12-14-6-4-7-15(11-14)17(18)19/h4,6-7,11,16-17,20H,2-3,5,8-10,12-13H2,1H3. The van der Waals surface area contributed by atoms with Gasteiger partial charge in [0, 0.05) is 24.7 Å². The van der Waals surface area contributed by atoms with Gasteiger partial charge in [-0.1, -0.05) is 31.5 Å². The summed E-state index contributed by atoms with van der Waals surface area (Å²) in [6.45, 7) is 6.10. The number of halogens is 2. The molecule has 2 rings (SSSR count). The van der Waals surface area contributed by atoms with E-state index in [1.165, 1.54) is 18.9 Å². The minimum Gasteiger partial charge on any atom is -0.313 e. The van der Waals surface area contributed by atoms with E-state index in [1.54, 1.807) is 12.1 Å². The maximum atomic E-state index is 12.8. The Morgan fingerprint density at radius 2 is 2.24 bits per heavy atom. The van der Waals surface area contributed by atoms with Crippen LogP contribution in [0.25, 0.3) is 0 Å². The molecule has 1 unspecified atom stereocenters. The van der Waals surface area contributed by atoms with E-state index in [4.69, 9.17) is 0 Å². The van der Waals surface area contributed by atoms with Crippen LogP contribution >= 0.6 is 0 Å². The zero-order valence-corrected chi connectivity index (χ0v) is 12.8. The molecule has 0 aliphatic carbocycles. The first-order chi connectivity index (χ1) is 10.2. The van der Waals surface area contributed by atoms with Crippen molar-refractivity contribution < 1.29 is 8.78 Å². The van der Waals surface area contributed by atoms with Crippen LogP contribution in [0.2, 0.25) is 0 Å². The van der Waals surface area contributed by atoms with Gasteiger partial charge < -0.3 is 5.32 Å². The van der Waals surface area contributed by atoms with Crippen LogP contribution in [0, 0.1) is 0 Å². The molecule has 118 valence electrons. The quantitative estimate of drug-likeness (QED) is 0.780. The van der Waals surface area contributed by atoms with Crippen molar-refractivity contribution in [2.75, 3.05) is 19.6 Å². The Bertz CT molecular complexity index is 417. The molecule has 1 saturated heterocycles. The third-order valence-corrected chi connectivity index (χ3v) is 4.08. The lowest BCUT2D eigenvalue weighted by Gasteiger charge is -2.26. The third-order valence-electron chi connectivity index (χ3n) is 4.08. The van der Waals surface area contributed by atoms with Crippen LogP contribution in [0.15, 0.2) is 24.3 Å². The van der Waals surface area contributed by atoms with Crippen LogP contribution in [0.1, 0.15) is 50.2 Å². The third kappa shape index (κ3) is 5.36. The van der Waals surface area contributed by atoms with Gasteiger partial charge in [-0.05, 0) is 44.0 Å². The van der Waals surface area contributed by atoms with E-state index < -0.39 is 6.43 Å². The van der Waals surface area contributed by atoms with Crippen LogP contribution in [-0.4, -0.2) is 30.6 Å². The molecule has 0 aromatic heterocycles. The normalized spacial score (nSPS) is 18.8. The van der Waals surface area contributed by atoms with Gasteiger partial charge in [0.15, 0.2) is 0 Å². The predicted octanol–water partition coefficient (Wildman–Crippen LogP) is 3.98. The van der Waals surface area contributed by atoms with Gasteiger partial charge in [0.05, 0.1) is 0 Å². The van der Waals surface area contributed by atoms with Gasteiger partial charge in [-0.2, -0.15) is 0 Å². The summed E-state index contributed by atoms with van der Waals surface area (Å²) >= 11 is 0. The molecule has 1 aromatic rings. The van der Waals surface area contributed by atoms with Crippen molar-refractivity contribution in [1.29, 1.82) is 0 Å². The minimum atomic E-state index is -2.38. The Labute approximate surface area is 126 Å². The number of nitrogens with zero attached hydrogens (tertiary/aromatic N) is 1. The highest BCUT2D eigenvalue weighted by atomic mass is 19.3. The summed E-state index contributed by atoms with van der Waals surface area (Å²) in [5.74, 6) is 0. The van der Waals surface area contributed by atoms with Crippen molar-refractivity contribution >= 4 is 0 Å². The van der Waals surface area contributed by atoms with Gasteiger partial charge in [0.2, 0.25) is 0 Å². The monoisotopic (exact) mass is 296 g/mol. The Hall–Kier alpha value is -1.00. The number of rotatable bonds is 8. The van der Waals surface area contributed by atoms with Gasteiger partial charge in [-0.3, -0.25) is 4.90 Å². The highest BCUT2D eigenvalue weighted by Gasteiger charge is 2.18. The Kier molecular flexibility index (Phi) is 6.58. The largest absolute Gasteiger partial charge is 0.313 e. The minimum absolute atomic E-state index is 0.127. The summed E-state index contributed by atoms with van der Waals surface area (Å²) in [7, 11) is 0. The molecule has 0 bridgehead atoms. The highest BCUT2D eigenvalue weighted by Crippen LogP contribution is 2.20. The summed E-state index contributed by atoms with van der Waals surface area (Å²) in [5, 5.41) is 3.52. The molecule has 0 amide bonds. The summed E-state index contributed by atoms with van der Waals surface area (Å²) < 4.78 is 25.6. The topological polar surface area (TPSA) is 15.3 Å². The number of alkyl halides is 2. The van der Waals surface area contributed by atoms with Gasteiger partial charge in [0.1, 0.15) is 0 Å². The first-order valence-corrected chi connectivity index (χ1v) is 8.01. The Morgan fingerprint density at radius 1 is 1.38 bits per heavy atom. The number of nitrogens with one attached hydrogen (secondary N) is 1. The fourth-order valence-corrected chi connectivity index (χ4v) is 2.93. The molecule has 1 aliphatic rings. The highest BCUT2D eigenvalue weighted by molar-refractivity contribution is 5.24. The summed E-state index contributed by atoms with van der Waals surface area (Å²) in [4.78, 5) is 2.40. The molecule has 1 atom stereocenters. The van der Waals surface area contributed by atoms with Gasteiger partial charge in [-0.25, -0.2) is 8.78 Å². The molecular formula is C17H26F2N2. The second-order valence-corrected chi connectivity index (χ2v) is 5.93. The molecule has 1 aromatic carbocycles. The average Bonchev–Trinajstić information content (AvgIpc) is 2.98. The molecule has 1 N–H and O–H groups in total. The van der Waals surface area contributed by atoms with Gasteiger partial charge in [-0.15, -0.1) is 0 Å². The van der Waals surface area contributed by atoms with Crippen LogP contribution in [0.3, 0.4) is 0 Å². The van der Waals surface area contributed by atoms with Crippen molar-refractivity contribution in [2.45, 2.75) is 51.6 Å². The average molecular weight is 296 g/mol. The fraction of sp³-hybridized carbons (Fsp3) is 0.647. The number of benzene rings is 1. The lowest BCUT2D eigenvalue weighted by atomic mass is 10.1. The summed E-state index contributed by atoms with van der Waals surface area (Å²) in [6, 6.07) is 7.39. The van der Waals surface area contributed by atoms with E-state index in [0.29, 0.717) is 6.04 Å². The number of unbranched alkanes of at least 4 members (excludes halogenated alkanes) is 1. The first-order valence-electron chi connectivity index (χ1n) is 8.01. The fourth-order valence-electron chi connectivity index (χ4n) is 2.93. The summed E-state index contributed by atoms with van der Waals surface area (Å²) in [6.07, 6.45) is 2.39. The van der Waals surface area contributed by atoms with Gasteiger partial charge in [0.25, 0.3) is 6.43 Å². The molecule has 1 heterocycles. The number of hydrogen-bond donors (Lipinski definition) is 1. The molecule has 1 fully saturated rings. The van der Waals surface area contributed by atoms with E-state index in [9.17, 15) is 8.78 Å². The van der Waals surface area contributed by atoms with Crippen molar-refractivity contribution in [2.24, 2.45) is 0 Å². The molecule has 0 spiro atoms. The zero-order valence-electron chi connectivity index (χ0n) is 12.8. The predicted molar refractivity (Wildman–Crippen MR) is 82.6 cm³/mol. The molecular weight excluding hydrogens is 270 g/mol. The second kappa shape index (κ2) is 8.44. The van der Waals surface area contributed by atoms with Crippen molar-refractivity contribution in [3.63, 3.8) is 0 Å². The first kappa shape index (κ1) is 16.4. The molecule has 0 saturated carbocycles. The van der Waals surface area contributed by atoms with E-state index in [2.05, 4.69) is 17.1 Å². The van der Waals surface area contributed by atoms with Crippen LogP contribution in [0.4, 0.5) is 8.78 Å². The molecule has 21 heavy (non-hydrogen) atoms. The van der Waals surface area contributed by atoms with E-state index in [0.717, 1.165) is 44.6 Å². The van der Waals surface area contributed by atoms with Crippen LogP contribution in [-0.2, 0) is 6.54 Å². The SMILES string of the molecule is CCCCN(Cc1cccc(C(F)F)c1)CC1CCCN1. The summed E-state index contributed by atoms with van der Waals surface area (Å²) in [5.41, 5.74) is 1.11. The van der Waals surface area contributed by atoms with Crippen LogP contribution < -0.4 is 5.32 Å². The number of hydrogen-bond acceptors (Lipinski definition) is 2. The zero-order chi connectivity index (χ0) is 15.1. The molecule has 1 aliphatic heterocycles. The lowest BCUT2D eigenvalue weighted by Crippen LogP contribution is -2.37. The van der Waals surface area contributed by atoms with Crippen LogP contribution in [0.5, 0.6) is 0 Å². The molecule has 0 radical (unpaired) electrons. The Morgan fingerprint density at radius 3 is 2.90 bits per heavy atom. The van der Waals surface area contributed by atoms with Crippen molar-refractivity contribution in [3.8, 4) is 0 Å².